The van der Waals surface area contributed by atoms with Gasteiger partial charge in [0.05, 0.1) is 0 Å². The van der Waals surface area contributed by atoms with E-state index in [0.29, 0.717) is 12.2 Å². The topological polar surface area (TPSA) is 20.3 Å². The van der Waals surface area contributed by atoms with Gasteiger partial charge in [-0.3, -0.25) is 4.79 Å². The number of ketones is 1. The molecule has 2 aromatic carbocycles. The van der Waals surface area contributed by atoms with Crippen LogP contribution in [0.5, 0.6) is 0 Å². The molecule has 1 aliphatic heterocycles. The Balaban J connectivity index is 1.90. The third kappa shape index (κ3) is 2.36. The number of nitrogens with zero attached hydrogens (tertiary/aromatic N) is 1. The zero-order chi connectivity index (χ0) is 16.9. The van der Waals surface area contributed by atoms with Gasteiger partial charge in [0.2, 0.25) is 0 Å². The van der Waals surface area contributed by atoms with Gasteiger partial charge in [-0.2, -0.15) is 0 Å². The minimum absolute atomic E-state index is 0.0559. The maximum atomic E-state index is 13.2. The van der Waals surface area contributed by atoms with E-state index in [4.69, 9.17) is 0 Å². The summed E-state index contributed by atoms with van der Waals surface area (Å²) in [5.41, 5.74) is 3.92. The lowest BCUT2D eigenvalue weighted by atomic mass is 9.61. The zero-order valence-electron chi connectivity index (χ0n) is 14.7. The van der Waals surface area contributed by atoms with Gasteiger partial charge in [0, 0.05) is 37.0 Å². The number of hydrogen-bond acceptors (Lipinski definition) is 2. The molecule has 2 aromatic rings. The fourth-order valence-corrected chi connectivity index (χ4v) is 4.85. The molecule has 124 valence electrons. The summed E-state index contributed by atoms with van der Waals surface area (Å²) in [6.45, 7) is 4.46. The molecule has 2 nitrogen and oxygen atoms in total. The van der Waals surface area contributed by atoms with E-state index in [1.165, 1.54) is 16.8 Å². The van der Waals surface area contributed by atoms with Crippen LogP contribution in [0.1, 0.15) is 43.7 Å². The predicted molar refractivity (Wildman–Crippen MR) is 98.4 cm³/mol. The van der Waals surface area contributed by atoms with Gasteiger partial charge in [-0.15, -0.1) is 0 Å². The van der Waals surface area contributed by atoms with Gasteiger partial charge >= 0.3 is 0 Å². The number of carbonyl (C=O) groups is 1. The van der Waals surface area contributed by atoms with Crippen molar-refractivity contribution in [3.05, 3.63) is 65.7 Å². The van der Waals surface area contributed by atoms with Gasteiger partial charge < -0.3 is 4.90 Å². The van der Waals surface area contributed by atoms with E-state index >= 15 is 0 Å². The van der Waals surface area contributed by atoms with Gasteiger partial charge in [0.25, 0.3) is 0 Å². The lowest BCUT2D eigenvalue weighted by molar-refractivity contribution is -0.129. The van der Waals surface area contributed by atoms with Crippen molar-refractivity contribution in [3.63, 3.8) is 0 Å². The first kappa shape index (κ1) is 15.4. The highest BCUT2D eigenvalue weighted by molar-refractivity contribution is 5.87. The quantitative estimate of drug-likeness (QED) is 0.763. The zero-order valence-corrected chi connectivity index (χ0v) is 14.7. The average molecular weight is 319 g/mol. The molecule has 0 spiro atoms. The second kappa shape index (κ2) is 5.47. The Hall–Kier alpha value is -2.09. The highest BCUT2D eigenvalue weighted by Crippen LogP contribution is 2.51. The Labute approximate surface area is 144 Å². The fourth-order valence-electron chi connectivity index (χ4n) is 4.85. The average Bonchev–Trinajstić information content (AvgIpc) is 2.56. The third-order valence-electron chi connectivity index (χ3n) is 5.87. The smallest absolute Gasteiger partial charge is 0.139 e. The van der Waals surface area contributed by atoms with Crippen LogP contribution in [0.25, 0.3) is 0 Å². The van der Waals surface area contributed by atoms with E-state index < -0.39 is 0 Å². The van der Waals surface area contributed by atoms with Crippen molar-refractivity contribution in [2.75, 3.05) is 11.9 Å². The first-order chi connectivity index (χ1) is 11.5. The molecule has 0 amide bonds. The maximum Gasteiger partial charge on any atom is 0.139 e. The van der Waals surface area contributed by atoms with Crippen LogP contribution in [-0.4, -0.2) is 18.9 Å². The molecule has 3 atom stereocenters. The van der Waals surface area contributed by atoms with Crippen molar-refractivity contribution in [1.82, 2.24) is 0 Å². The van der Waals surface area contributed by atoms with Crippen LogP contribution < -0.4 is 4.90 Å². The number of para-hydroxylation sites is 1. The summed E-state index contributed by atoms with van der Waals surface area (Å²) in [6.07, 6.45) is 1.76. The Morgan fingerprint density at radius 1 is 1.00 bits per heavy atom. The van der Waals surface area contributed by atoms with E-state index in [9.17, 15) is 4.79 Å². The lowest BCUT2D eigenvalue weighted by Gasteiger charge is -2.51. The van der Waals surface area contributed by atoms with Crippen molar-refractivity contribution >= 4 is 11.5 Å². The van der Waals surface area contributed by atoms with Crippen molar-refractivity contribution in [1.29, 1.82) is 0 Å². The van der Waals surface area contributed by atoms with Crippen LogP contribution in [0.2, 0.25) is 0 Å². The number of rotatable bonds is 1. The van der Waals surface area contributed by atoms with Gasteiger partial charge in [0.15, 0.2) is 0 Å². The summed E-state index contributed by atoms with van der Waals surface area (Å²) in [4.78, 5) is 15.5. The minimum atomic E-state index is 0.0559. The van der Waals surface area contributed by atoms with Crippen LogP contribution in [0.4, 0.5) is 5.69 Å². The first-order valence-corrected chi connectivity index (χ1v) is 8.87. The molecule has 1 aliphatic carbocycles. The monoisotopic (exact) mass is 319 g/mol. The third-order valence-corrected chi connectivity index (χ3v) is 5.87. The van der Waals surface area contributed by atoms with Gasteiger partial charge in [0.1, 0.15) is 5.78 Å². The van der Waals surface area contributed by atoms with Crippen LogP contribution >= 0.6 is 0 Å². The van der Waals surface area contributed by atoms with Gasteiger partial charge in [-0.1, -0.05) is 62.4 Å². The predicted octanol–water partition coefficient (Wildman–Crippen LogP) is 4.64. The highest BCUT2D eigenvalue weighted by Gasteiger charge is 2.49. The molecule has 0 radical (unpaired) electrons. The van der Waals surface area contributed by atoms with Crippen molar-refractivity contribution < 1.29 is 4.79 Å². The largest absolute Gasteiger partial charge is 0.371 e. The molecular formula is C22H25NO. The molecule has 0 bridgehead atoms. The van der Waals surface area contributed by atoms with Crippen LogP contribution in [-0.2, 0) is 4.79 Å². The Kier molecular flexibility index (Phi) is 3.52. The standard InChI is InChI=1S/C22H25NO/c1-22(2)13-18-21(19(24)14-22)20(15-9-5-4-6-10-15)16-11-7-8-12-17(16)23(18)3/h4-12,18,20-21H,13-14H2,1-3H3. The lowest BCUT2D eigenvalue weighted by Crippen LogP contribution is -2.54. The molecule has 0 saturated heterocycles. The number of fused-ring (bicyclic) bond motifs is 2. The van der Waals surface area contributed by atoms with Crippen LogP contribution in [0.15, 0.2) is 54.6 Å². The molecule has 1 saturated carbocycles. The Morgan fingerprint density at radius 2 is 1.67 bits per heavy atom. The molecule has 0 aromatic heterocycles. The molecule has 2 aliphatic rings. The fraction of sp³-hybridized carbons (Fsp3) is 0.409. The van der Waals surface area contributed by atoms with E-state index in [-0.39, 0.29) is 23.3 Å². The molecule has 0 N–H and O–H groups in total. The SMILES string of the molecule is CN1c2ccccc2C(c2ccccc2)C2C(=O)CC(C)(C)CC21. The summed E-state index contributed by atoms with van der Waals surface area (Å²) in [5.74, 6) is 0.652. The molecule has 4 rings (SSSR count). The maximum absolute atomic E-state index is 13.2. The van der Waals surface area contributed by atoms with Crippen molar-refractivity contribution in [3.8, 4) is 0 Å². The molecule has 1 heterocycles. The summed E-state index contributed by atoms with van der Waals surface area (Å²) < 4.78 is 0. The first-order valence-electron chi connectivity index (χ1n) is 8.87. The van der Waals surface area contributed by atoms with Crippen LogP contribution in [0.3, 0.4) is 0 Å². The summed E-state index contributed by atoms with van der Waals surface area (Å²) in [7, 11) is 2.16. The van der Waals surface area contributed by atoms with E-state index in [1.54, 1.807) is 0 Å². The van der Waals surface area contributed by atoms with E-state index in [2.05, 4.69) is 74.3 Å². The molecule has 1 fully saturated rings. The summed E-state index contributed by atoms with van der Waals surface area (Å²) in [5, 5.41) is 0. The summed E-state index contributed by atoms with van der Waals surface area (Å²) in [6, 6.07) is 19.5. The minimum Gasteiger partial charge on any atom is -0.371 e. The number of carbonyl (C=O) groups excluding carboxylic acids is 1. The Morgan fingerprint density at radius 3 is 2.42 bits per heavy atom. The number of Topliss-reactive ketones (excluding diaryl/α,β-unsaturated/α-hetero) is 1. The number of benzene rings is 2. The van der Waals surface area contributed by atoms with Gasteiger partial charge in [-0.25, -0.2) is 0 Å². The molecule has 24 heavy (non-hydrogen) atoms. The molecule has 3 unspecified atom stereocenters. The number of hydrogen-bond donors (Lipinski definition) is 0. The Bertz CT molecular complexity index is 765. The van der Waals surface area contributed by atoms with E-state index in [1.807, 2.05) is 6.07 Å². The van der Waals surface area contributed by atoms with Crippen molar-refractivity contribution in [2.45, 2.75) is 38.6 Å². The van der Waals surface area contributed by atoms with E-state index in [0.717, 1.165) is 6.42 Å². The second-order valence-corrected chi connectivity index (χ2v) is 8.16. The molecule has 2 heteroatoms. The van der Waals surface area contributed by atoms with Crippen molar-refractivity contribution in [2.24, 2.45) is 11.3 Å². The molecular weight excluding hydrogens is 294 g/mol. The normalized spacial score (nSPS) is 28.2. The highest BCUT2D eigenvalue weighted by atomic mass is 16.1. The number of anilines is 1. The van der Waals surface area contributed by atoms with Crippen LogP contribution in [0, 0.1) is 11.3 Å². The summed E-state index contributed by atoms with van der Waals surface area (Å²) >= 11 is 0. The second-order valence-electron chi connectivity index (χ2n) is 8.16. The van der Waals surface area contributed by atoms with Gasteiger partial charge in [-0.05, 0) is 29.0 Å².